The lowest BCUT2D eigenvalue weighted by Gasteiger charge is -2.13. The quantitative estimate of drug-likeness (QED) is 0.753. The standard InChI is InChI=1S/C13H15Cl2NO2S/c14-8-1-4-10(15)12(7-8)19-6-5-11(13(17)18)16-9-2-3-9/h1,4,7,9,11,16H,2-3,5-6H2,(H,17,18). The molecule has 0 heterocycles. The zero-order valence-electron chi connectivity index (χ0n) is 10.2. The summed E-state index contributed by atoms with van der Waals surface area (Å²) < 4.78 is 0. The molecule has 0 amide bonds. The van der Waals surface area contributed by atoms with E-state index in [1.165, 1.54) is 11.8 Å². The number of aliphatic carboxylic acids is 1. The summed E-state index contributed by atoms with van der Waals surface area (Å²) in [5, 5.41) is 13.5. The fourth-order valence-corrected chi connectivity index (χ4v) is 3.19. The Bertz CT molecular complexity index is 466. The first-order valence-electron chi connectivity index (χ1n) is 6.13. The van der Waals surface area contributed by atoms with Crippen molar-refractivity contribution < 1.29 is 9.90 Å². The van der Waals surface area contributed by atoms with Crippen LogP contribution in [0.4, 0.5) is 0 Å². The molecule has 1 unspecified atom stereocenters. The van der Waals surface area contributed by atoms with E-state index < -0.39 is 12.0 Å². The maximum Gasteiger partial charge on any atom is 0.320 e. The van der Waals surface area contributed by atoms with Gasteiger partial charge in [-0.25, -0.2) is 0 Å². The summed E-state index contributed by atoms with van der Waals surface area (Å²) in [7, 11) is 0. The normalized spacial score (nSPS) is 16.3. The molecule has 2 N–H and O–H groups in total. The Hall–Kier alpha value is -0.420. The van der Waals surface area contributed by atoms with E-state index in [4.69, 9.17) is 28.3 Å². The van der Waals surface area contributed by atoms with Crippen molar-refractivity contribution in [1.29, 1.82) is 0 Å². The number of carboxylic acid groups (broad SMARTS) is 1. The Morgan fingerprint density at radius 3 is 2.84 bits per heavy atom. The van der Waals surface area contributed by atoms with Crippen LogP contribution >= 0.6 is 35.0 Å². The third kappa shape index (κ3) is 4.88. The average molecular weight is 320 g/mol. The largest absolute Gasteiger partial charge is 0.480 e. The number of halogens is 2. The molecule has 2 rings (SSSR count). The molecule has 0 spiro atoms. The van der Waals surface area contributed by atoms with E-state index in [-0.39, 0.29) is 0 Å². The number of hydrogen-bond acceptors (Lipinski definition) is 3. The van der Waals surface area contributed by atoms with Crippen molar-refractivity contribution in [2.75, 3.05) is 5.75 Å². The minimum absolute atomic E-state index is 0.390. The van der Waals surface area contributed by atoms with Crippen LogP contribution in [-0.2, 0) is 4.79 Å². The molecule has 1 fully saturated rings. The Labute approximate surface area is 126 Å². The number of hydrogen-bond donors (Lipinski definition) is 2. The van der Waals surface area contributed by atoms with Crippen molar-refractivity contribution in [3.8, 4) is 0 Å². The van der Waals surface area contributed by atoms with E-state index in [9.17, 15) is 4.79 Å². The van der Waals surface area contributed by atoms with Crippen molar-refractivity contribution in [3.63, 3.8) is 0 Å². The van der Waals surface area contributed by atoms with Gasteiger partial charge in [-0.1, -0.05) is 23.2 Å². The van der Waals surface area contributed by atoms with Gasteiger partial charge in [0.25, 0.3) is 0 Å². The van der Waals surface area contributed by atoms with Gasteiger partial charge in [0.2, 0.25) is 0 Å². The van der Waals surface area contributed by atoms with E-state index in [1.807, 2.05) is 0 Å². The zero-order chi connectivity index (χ0) is 13.8. The molecule has 0 radical (unpaired) electrons. The molecule has 6 heteroatoms. The third-order valence-electron chi connectivity index (χ3n) is 2.87. The summed E-state index contributed by atoms with van der Waals surface area (Å²) in [5.41, 5.74) is 0. The van der Waals surface area contributed by atoms with Gasteiger partial charge in [-0.3, -0.25) is 4.79 Å². The lowest BCUT2D eigenvalue weighted by molar-refractivity contribution is -0.139. The molecular weight excluding hydrogens is 305 g/mol. The van der Waals surface area contributed by atoms with Crippen LogP contribution in [0.2, 0.25) is 10.0 Å². The number of rotatable bonds is 7. The summed E-state index contributed by atoms with van der Waals surface area (Å²) in [4.78, 5) is 12.0. The minimum atomic E-state index is -0.787. The first kappa shape index (κ1) is 15.0. The number of carbonyl (C=O) groups is 1. The molecule has 1 aromatic rings. The molecule has 0 aliphatic heterocycles. The molecular formula is C13H15Cl2NO2S. The molecule has 1 saturated carbocycles. The predicted molar refractivity (Wildman–Crippen MR) is 79.4 cm³/mol. The lowest BCUT2D eigenvalue weighted by Crippen LogP contribution is -2.38. The van der Waals surface area contributed by atoms with Gasteiger partial charge in [0.05, 0.1) is 5.02 Å². The molecule has 1 aromatic carbocycles. The van der Waals surface area contributed by atoms with Crippen LogP contribution in [-0.4, -0.2) is 28.9 Å². The van der Waals surface area contributed by atoms with E-state index in [0.29, 0.717) is 28.3 Å². The Morgan fingerprint density at radius 2 is 2.21 bits per heavy atom. The number of carboxylic acids is 1. The zero-order valence-corrected chi connectivity index (χ0v) is 12.6. The monoisotopic (exact) mass is 319 g/mol. The fourth-order valence-electron chi connectivity index (χ4n) is 1.69. The first-order chi connectivity index (χ1) is 9.06. The van der Waals surface area contributed by atoms with E-state index in [2.05, 4.69) is 5.32 Å². The van der Waals surface area contributed by atoms with Crippen LogP contribution < -0.4 is 5.32 Å². The highest BCUT2D eigenvalue weighted by Crippen LogP contribution is 2.30. The highest BCUT2D eigenvalue weighted by Gasteiger charge is 2.27. The fraction of sp³-hybridized carbons (Fsp3) is 0.462. The highest BCUT2D eigenvalue weighted by atomic mass is 35.5. The SMILES string of the molecule is O=C(O)C(CCSc1cc(Cl)ccc1Cl)NC1CC1. The second-order valence-electron chi connectivity index (χ2n) is 4.54. The molecule has 1 aliphatic carbocycles. The van der Waals surface area contributed by atoms with Crippen LogP contribution in [0.5, 0.6) is 0 Å². The van der Waals surface area contributed by atoms with Gasteiger partial charge in [-0.05, 0) is 37.5 Å². The molecule has 0 saturated heterocycles. The maximum absolute atomic E-state index is 11.1. The van der Waals surface area contributed by atoms with Gasteiger partial charge in [-0.15, -0.1) is 11.8 Å². The van der Waals surface area contributed by atoms with Crippen LogP contribution in [0, 0.1) is 0 Å². The van der Waals surface area contributed by atoms with Crippen molar-refractivity contribution >= 4 is 40.9 Å². The van der Waals surface area contributed by atoms with Crippen LogP contribution in [0.1, 0.15) is 19.3 Å². The van der Waals surface area contributed by atoms with Crippen molar-refractivity contribution in [2.24, 2.45) is 0 Å². The van der Waals surface area contributed by atoms with Gasteiger partial charge < -0.3 is 10.4 Å². The maximum atomic E-state index is 11.1. The predicted octanol–water partition coefficient (Wildman–Crippen LogP) is 3.68. The van der Waals surface area contributed by atoms with Gasteiger partial charge in [0.1, 0.15) is 6.04 Å². The Kier molecular flexibility index (Phi) is 5.39. The number of benzene rings is 1. The van der Waals surface area contributed by atoms with Crippen molar-refractivity contribution in [1.82, 2.24) is 5.32 Å². The topological polar surface area (TPSA) is 49.3 Å². The van der Waals surface area contributed by atoms with Gasteiger partial charge in [0, 0.05) is 21.7 Å². The Morgan fingerprint density at radius 1 is 1.47 bits per heavy atom. The molecule has 1 aliphatic rings. The second-order valence-corrected chi connectivity index (χ2v) is 6.52. The van der Waals surface area contributed by atoms with Crippen LogP contribution in [0.15, 0.2) is 23.1 Å². The molecule has 1 atom stereocenters. The van der Waals surface area contributed by atoms with Gasteiger partial charge in [0.15, 0.2) is 0 Å². The summed E-state index contributed by atoms with van der Waals surface area (Å²) in [5.74, 6) is -0.0961. The van der Waals surface area contributed by atoms with Crippen LogP contribution in [0.25, 0.3) is 0 Å². The van der Waals surface area contributed by atoms with Crippen LogP contribution in [0.3, 0.4) is 0 Å². The minimum Gasteiger partial charge on any atom is -0.480 e. The molecule has 3 nitrogen and oxygen atoms in total. The molecule has 0 aromatic heterocycles. The van der Waals surface area contributed by atoms with E-state index >= 15 is 0 Å². The van der Waals surface area contributed by atoms with E-state index in [1.54, 1.807) is 18.2 Å². The summed E-state index contributed by atoms with van der Waals surface area (Å²) in [6.07, 6.45) is 2.73. The van der Waals surface area contributed by atoms with Gasteiger partial charge >= 0.3 is 5.97 Å². The summed E-state index contributed by atoms with van der Waals surface area (Å²) in [6, 6.07) is 5.21. The average Bonchev–Trinajstić information content (AvgIpc) is 3.16. The highest BCUT2D eigenvalue weighted by molar-refractivity contribution is 7.99. The smallest absolute Gasteiger partial charge is 0.320 e. The molecule has 104 valence electrons. The number of thioether (sulfide) groups is 1. The lowest BCUT2D eigenvalue weighted by atomic mass is 10.2. The number of nitrogens with one attached hydrogen (secondary N) is 1. The second kappa shape index (κ2) is 6.84. The molecule has 19 heavy (non-hydrogen) atoms. The molecule has 0 bridgehead atoms. The Balaban J connectivity index is 1.83. The summed E-state index contributed by atoms with van der Waals surface area (Å²) >= 11 is 13.5. The van der Waals surface area contributed by atoms with Crippen molar-refractivity contribution in [2.45, 2.75) is 36.2 Å². The third-order valence-corrected chi connectivity index (χ3v) is 4.64. The van der Waals surface area contributed by atoms with Crippen molar-refractivity contribution in [3.05, 3.63) is 28.2 Å². The first-order valence-corrected chi connectivity index (χ1v) is 7.87. The van der Waals surface area contributed by atoms with E-state index in [0.717, 1.165) is 17.7 Å². The summed E-state index contributed by atoms with van der Waals surface area (Å²) in [6.45, 7) is 0. The van der Waals surface area contributed by atoms with Gasteiger partial charge in [-0.2, -0.15) is 0 Å².